The number of hydrogen-bond acceptors (Lipinski definition) is 10. The molecule has 13 heteroatoms. The summed E-state index contributed by atoms with van der Waals surface area (Å²) in [7, 11) is -2.15. The van der Waals surface area contributed by atoms with E-state index in [1.807, 2.05) is 32.2 Å². The van der Waals surface area contributed by atoms with Crippen molar-refractivity contribution in [3.8, 4) is 5.75 Å². The van der Waals surface area contributed by atoms with E-state index in [0.29, 0.717) is 49.8 Å². The average molecular weight is 809 g/mol. The second-order valence-corrected chi connectivity index (χ2v) is 19.8. The van der Waals surface area contributed by atoms with Gasteiger partial charge in [-0.2, -0.15) is 0 Å². The molecule has 11 nitrogen and oxygen atoms in total. The maximum atomic E-state index is 13.7. The molecule has 2 bridgehead atoms. The van der Waals surface area contributed by atoms with Crippen molar-refractivity contribution in [1.82, 2.24) is 14.5 Å². The number of benzene rings is 2. The molecule has 1 N–H and O–H groups in total. The zero-order valence-electron chi connectivity index (χ0n) is 33.0. The summed E-state index contributed by atoms with van der Waals surface area (Å²) < 4.78 is 48.3. The van der Waals surface area contributed by atoms with Gasteiger partial charge in [-0.1, -0.05) is 36.7 Å². The molecule has 2 aromatic carbocycles. The molecule has 304 valence electrons. The molecule has 3 fully saturated rings. The molecule has 4 aliphatic heterocycles. The summed E-state index contributed by atoms with van der Waals surface area (Å²) in [6.45, 7) is 10.3. The smallest absolute Gasteiger partial charge is 0.307 e. The van der Waals surface area contributed by atoms with Gasteiger partial charge in [-0.25, -0.2) is 13.1 Å². The number of carbonyl (C=O) groups is 2. The molecule has 6 aliphatic rings. The fourth-order valence-corrected chi connectivity index (χ4v) is 11.9. The molecule has 1 amide bonds. The number of sulfonamides is 1. The molecule has 1 saturated carbocycles. The number of nitrogens with zero attached hydrogens (tertiary/aromatic N) is 3. The number of aryl methyl sites for hydroxylation is 1. The van der Waals surface area contributed by atoms with Crippen LogP contribution >= 0.6 is 11.6 Å². The molecule has 1 spiro atoms. The molecular weight excluding hydrogens is 752 g/mol. The number of rotatable bonds is 4. The zero-order chi connectivity index (χ0) is 39.2. The standard InChI is InChI=1S/C43H57ClN4O7S/c1-29-6-4-16-43(53-3,27-46-17-19-47(20-18-46)35-14-21-54-40(49)24-35)37-11-8-33(37)25-48-26-42(15-5-7-31-22-34(44)10-12-36(31)42)28-55-39-13-9-32(23-38(39)48)41(50)45-56(51,52)30(29)2/h4,9-10,12-13,16,22-23,29-30,33,35,37H,5-8,11,14-15,17-21,24-28H2,1-3H3,(H,45,50)/b16-4+/t29-,30+,33-,35-,37+,42-,43+/m0/s1. The van der Waals surface area contributed by atoms with Crippen LogP contribution in [0.1, 0.15) is 80.3 Å². The van der Waals surface area contributed by atoms with Gasteiger partial charge in [0.05, 0.1) is 30.6 Å². The van der Waals surface area contributed by atoms with Gasteiger partial charge in [0.25, 0.3) is 5.91 Å². The third-order valence-corrected chi connectivity index (χ3v) is 16.3. The van der Waals surface area contributed by atoms with E-state index in [4.69, 9.17) is 25.8 Å². The van der Waals surface area contributed by atoms with Gasteiger partial charge >= 0.3 is 5.97 Å². The number of fused-ring (bicyclic) bond motifs is 4. The number of hydrogen-bond donors (Lipinski definition) is 1. The van der Waals surface area contributed by atoms with Crippen molar-refractivity contribution < 1.29 is 32.2 Å². The Balaban J connectivity index is 1.14. The monoisotopic (exact) mass is 808 g/mol. The van der Waals surface area contributed by atoms with Gasteiger partial charge in [0.15, 0.2) is 0 Å². The lowest BCUT2D eigenvalue weighted by atomic mass is 9.63. The number of carbonyl (C=O) groups excluding carboxylic acids is 2. The lowest BCUT2D eigenvalue weighted by Crippen LogP contribution is -2.60. The Morgan fingerprint density at radius 1 is 1.02 bits per heavy atom. The number of halogens is 1. The number of piperazine rings is 1. The van der Waals surface area contributed by atoms with Gasteiger partial charge in [-0.3, -0.25) is 19.4 Å². The molecule has 7 atom stereocenters. The van der Waals surface area contributed by atoms with E-state index < -0.39 is 26.8 Å². The van der Waals surface area contributed by atoms with E-state index in [0.717, 1.165) is 88.5 Å². The summed E-state index contributed by atoms with van der Waals surface area (Å²) in [5.74, 6) is 0.227. The van der Waals surface area contributed by atoms with Gasteiger partial charge in [0, 0.05) is 75.0 Å². The van der Waals surface area contributed by atoms with Crippen LogP contribution in [0, 0.1) is 17.8 Å². The van der Waals surface area contributed by atoms with Gasteiger partial charge < -0.3 is 19.1 Å². The Hall–Kier alpha value is -3.16. The maximum absolute atomic E-state index is 13.7. The Morgan fingerprint density at radius 3 is 2.59 bits per heavy atom. The third-order valence-electron chi connectivity index (χ3n) is 14.1. The van der Waals surface area contributed by atoms with E-state index in [1.54, 1.807) is 13.0 Å². The number of esters is 1. The van der Waals surface area contributed by atoms with Crippen LogP contribution in [0.15, 0.2) is 48.6 Å². The van der Waals surface area contributed by atoms with Crippen molar-refractivity contribution in [2.75, 3.05) is 71.0 Å². The summed E-state index contributed by atoms with van der Waals surface area (Å²) in [5, 5.41) is -0.0673. The van der Waals surface area contributed by atoms with Crippen molar-refractivity contribution in [1.29, 1.82) is 0 Å². The summed E-state index contributed by atoms with van der Waals surface area (Å²) in [5.41, 5.74) is 2.75. The van der Waals surface area contributed by atoms with Crippen LogP contribution in [-0.2, 0) is 36.1 Å². The SMILES string of the molecule is CO[C@@]1(CN2CCN([C@H]3CCOC(=O)C3)CC2)/C=C/C[C@H](C)[C@@H](C)S(=O)(=O)NC(=O)c2ccc3c(c2)N(C[C@@H]2CC[C@H]21)C[C@@]1(CCCc2cc(Cl)ccc21)CO3. The summed E-state index contributed by atoms with van der Waals surface area (Å²) in [6, 6.07) is 11.8. The van der Waals surface area contributed by atoms with E-state index in [1.165, 1.54) is 11.1 Å². The highest BCUT2D eigenvalue weighted by Gasteiger charge is 2.50. The normalized spacial score (nSPS) is 34.5. The van der Waals surface area contributed by atoms with Crippen LogP contribution in [0.4, 0.5) is 5.69 Å². The lowest BCUT2D eigenvalue weighted by molar-refractivity contribution is -0.150. The van der Waals surface area contributed by atoms with Gasteiger partial charge in [0.2, 0.25) is 10.0 Å². The first-order chi connectivity index (χ1) is 26.9. The van der Waals surface area contributed by atoms with Gasteiger partial charge in [-0.05, 0) is 111 Å². The van der Waals surface area contributed by atoms with Gasteiger partial charge in [-0.15, -0.1) is 0 Å². The second kappa shape index (κ2) is 15.9. The first-order valence-corrected chi connectivity index (χ1v) is 22.5. The predicted molar refractivity (Wildman–Crippen MR) is 217 cm³/mol. The average Bonchev–Trinajstić information content (AvgIpc) is 3.32. The Bertz CT molecular complexity index is 1950. The predicted octanol–water partition coefficient (Wildman–Crippen LogP) is 5.59. The van der Waals surface area contributed by atoms with Crippen molar-refractivity contribution in [2.45, 2.75) is 87.5 Å². The van der Waals surface area contributed by atoms with Crippen LogP contribution in [0.2, 0.25) is 5.02 Å². The van der Waals surface area contributed by atoms with E-state index in [9.17, 15) is 18.0 Å². The highest BCUT2D eigenvalue weighted by atomic mass is 35.5. The van der Waals surface area contributed by atoms with Gasteiger partial charge in [0.1, 0.15) is 11.4 Å². The fraction of sp³-hybridized carbons (Fsp3) is 0.628. The fourth-order valence-electron chi connectivity index (χ4n) is 10.4. The molecule has 2 aromatic rings. The summed E-state index contributed by atoms with van der Waals surface area (Å²) in [6.07, 6.45) is 11.2. The topological polar surface area (TPSA) is 118 Å². The minimum absolute atomic E-state index is 0.106. The van der Waals surface area contributed by atoms with Crippen molar-refractivity contribution in [2.24, 2.45) is 17.8 Å². The number of allylic oxidation sites excluding steroid dienone is 1. The first-order valence-electron chi connectivity index (χ1n) is 20.6. The highest BCUT2D eigenvalue weighted by molar-refractivity contribution is 7.90. The van der Waals surface area contributed by atoms with E-state index in [-0.39, 0.29) is 29.3 Å². The van der Waals surface area contributed by atoms with Crippen LogP contribution in [0.5, 0.6) is 5.75 Å². The highest BCUT2D eigenvalue weighted by Crippen LogP contribution is 2.49. The van der Waals surface area contributed by atoms with Crippen molar-refractivity contribution in [3.05, 3.63) is 70.3 Å². The number of nitrogens with one attached hydrogen (secondary N) is 1. The largest absolute Gasteiger partial charge is 0.490 e. The van der Waals surface area contributed by atoms with Crippen LogP contribution in [0.25, 0.3) is 0 Å². The first kappa shape index (κ1) is 39.7. The van der Waals surface area contributed by atoms with Crippen LogP contribution < -0.4 is 14.4 Å². The minimum atomic E-state index is -3.98. The molecule has 8 rings (SSSR count). The molecule has 2 saturated heterocycles. The molecule has 0 aromatic heterocycles. The number of anilines is 1. The van der Waals surface area contributed by atoms with Crippen molar-refractivity contribution in [3.63, 3.8) is 0 Å². The van der Waals surface area contributed by atoms with Crippen molar-refractivity contribution >= 4 is 39.2 Å². The molecule has 56 heavy (non-hydrogen) atoms. The third kappa shape index (κ3) is 7.73. The number of methoxy groups -OCH3 is 1. The zero-order valence-corrected chi connectivity index (χ0v) is 34.6. The van der Waals surface area contributed by atoms with E-state index >= 15 is 0 Å². The molecule has 4 heterocycles. The minimum Gasteiger partial charge on any atom is -0.490 e. The summed E-state index contributed by atoms with van der Waals surface area (Å²) >= 11 is 6.51. The van der Waals surface area contributed by atoms with Crippen LogP contribution in [-0.4, -0.2) is 113 Å². The summed E-state index contributed by atoms with van der Waals surface area (Å²) in [4.78, 5) is 33.1. The number of amides is 1. The quantitative estimate of drug-likeness (QED) is 0.310. The molecule has 2 aliphatic carbocycles. The Morgan fingerprint density at radius 2 is 1.84 bits per heavy atom. The van der Waals surface area contributed by atoms with Crippen LogP contribution in [0.3, 0.4) is 0 Å². The lowest BCUT2D eigenvalue weighted by Gasteiger charge is -2.52. The number of cyclic esters (lactones) is 1. The number of ether oxygens (including phenoxy) is 3. The molecular formula is C43H57ClN4O7S. The second-order valence-electron chi connectivity index (χ2n) is 17.4. The van der Waals surface area contributed by atoms with E-state index in [2.05, 4.69) is 43.7 Å². The Kier molecular flexibility index (Phi) is 11.2. The maximum Gasteiger partial charge on any atom is 0.307 e. The Labute approximate surface area is 337 Å². The molecule has 0 radical (unpaired) electrons. The molecule has 0 unspecified atom stereocenters.